The summed E-state index contributed by atoms with van der Waals surface area (Å²) in [5.74, 6) is 0. The summed E-state index contributed by atoms with van der Waals surface area (Å²) >= 11 is 0. The third-order valence-electron chi connectivity index (χ3n) is 8.70. The molecule has 0 unspecified atom stereocenters. The number of hydrogen-bond donors (Lipinski definition) is 0. The molecule has 48 heavy (non-hydrogen) atoms. The molecule has 226 valence electrons. The highest BCUT2D eigenvalue weighted by molar-refractivity contribution is 6.21. The standard InChI is InChI=1S/C47H32O/c1-47(2)40-19-9-7-12-33(40)39-28-31(26-27-41(39)47)45-36-15-5-3-13-34(36)44(35-14-4-6-16-37(35)45)30-24-22-29(23-25-30)32-18-11-21-43-46(32)38-17-8-10-20-42(38)48-43/h3-28H,1-2H3/i3D,4D,5D,6D,7D,8D,9D,10D,11D,12D,13D,14D,15D,16D,17D,18D,19D,20D,21D,22D,23D,24D,25D,26D,27D,28D. The van der Waals surface area contributed by atoms with E-state index in [9.17, 15) is 15.1 Å². The van der Waals surface area contributed by atoms with Crippen molar-refractivity contribution >= 4 is 43.5 Å². The second-order valence-electron chi connectivity index (χ2n) is 11.6. The summed E-state index contributed by atoms with van der Waals surface area (Å²) in [6.07, 6.45) is 0. The van der Waals surface area contributed by atoms with E-state index in [0.29, 0.717) is 0 Å². The molecule has 0 saturated heterocycles. The minimum Gasteiger partial charge on any atom is -0.456 e. The number of hydrogen-bond acceptors (Lipinski definition) is 1. The van der Waals surface area contributed by atoms with Gasteiger partial charge in [-0.15, -0.1) is 0 Å². The molecule has 0 radical (unpaired) electrons. The quantitative estimate of drug-likeness (QED) is 0.176. The molecule has 1 aromatic heterocycles. The van der Waals surface area contributed by atoms with Gasteiger partial charge in [-0.2, -0.15) is 0 Å². The summed E-state index contributed by atoms with van der Waals surface area (Å²) in [6, 6.07) is -21.8. The van der Waals surface area contributed by atoms with Crippen LogP contribution in [0.5, 0.6) is 0 Å². The summed E-state index contributed by atoms with van der Waals surface area (Å²) < 4.78 is 242. The lowest BCUT2D eigenvalue weighted by Crippen LogP contribution is -2.14. The normalized spacial score (nSPS) is 21.0. The summed E-state index contributed by atoms with van der Waals surface area (Å²) in [5, 5.41) is -3.58. The van der Waals surface area contributed by atoms with E-state index >= 15 is 0 Å². The Labute approximate surface area is 316 Å². The summed E-state index contributed by atoms with van der Waals surface area (Å²) in [5.41, 5.74) is -7.26. The molecule has 0 N–H and O–H groups in total. The van der Waals surface area contributed by atoms with Crippen LogP contribution >= 0.6 is 0 Å². The third kappa shape index (κ3) is 3.79. The van der Waals surface area contributed by atoms with Crippen molar-refractivity contribution in [1.29, 1.82) is 0 Å². The zero-order valence-corrected chi connectivity index (χ0v) is 24.9. The largest absolute Gasteiger partial charge is 0.456 e. The zero-order valence-electron chi connectivity index (χ0n) is 50.9. The Morgan fingerprint density at radius 1 is 0.417 bits per heavy atom. The highest BCUT2D eigenvalue weighted by Crippen LogP contribution is 2.51. The number of para-hydroxylation sites is 1. The lowest BCUT2D eigenvalue weighted by molar-refractivity contribution is 0.660. The van der Waals surface area contributed by atoms with Crippen LogP contribution in [0, 0.1) is 0 Å². The average Bonchev–Trinajstić information content (AvgIpc) is 3.88. The van der Waals surface area contributed by atoms with Crippen LogP contribution in [0.2, 0.25) is 0 Å². The lowest BCUT2D eigenvalue weighted by Gasteiger charge is -2.22. The maximum atomic E-state index is 9.89. The number of fused-ring (bicyclic) bond motifs is 8. The van der Waals surface area contributed by atoms with Crippen LogP contribution in [0.1, 0.15) is 60.6 Å². The molecule has 8 aromatic carbocycles. The molecule has 1 aliphatic carbocycles. The van der Waals surface area contributed by atoms with E-state index < -0.39 is 239 Å². The Morgan fingerprint density at radius 3 is 1.62 bits per heavy atom. The van der Waals surface area contributed by atoms with Gasteiger partial charge in [-0.25, -0.2) is 0 Å². The molecule has 0 saturated carbocycles. The maximum Gasteiger partial charge on any atom is 0.136 e. The van der Waals surface area contributed by atoms with E-state index in [1.807, 2.05) is 0 Å². The van der Waals surface area contributed by atoms with E-state index in [-0.39, 0.29) is 22.3 Å². The lowest BCUT2D eigenvalue weighted by atomic mass is 9.81. The van der Waals surface area contributed by atoms with E-state index in [1.54, 1.807) is 0 Å². The molecular formula is C47H32O. The van der Waals surface area contributed by atoms with Crippen LogP contribution in [0.15, 0.2) is 162 Å². The molecule has 0 spiro atoms. The van der Waals surface area contributed by atoms with Gasteiger partial charge >= 0.3 is 0 Å². The number of furan rings is 1. The number of benzene rings is 8. The van der Waals surface area contributed by atoms with Crippen LogP contribution < -0.4 is 0 Å². The Bertz CT molecular complexity index is 4120. The van der Waals surface area contributed by atoms with Crippen molar-refractivity contribution < 1.29 is 40.1 Å². The highest BCUT2D eigenvalue weighted by atomic mass is 16.3. The Balaban J connectivity index is 1.44. The molecular weight excluding hydrogens is 581 g/mol. The predicted octanol–water partition coefficient (Wildman–Crippen LogP) is 13.2. The first-order valence-electron chi connectivity index (χ1n) is 27.7. The summed E-state index contributed by atoms with van der Waals surface area (Å²) in [6.45, 7) is 3.07. The van der Waals surface area contributed by atoms with Crippen molar-refractivity contribution in [2.75, 3.05) is 0 Å². The number of rotatable bonds is 3. The van der Waals surface area contributed by atoms with Crippen molar-refractivity contribution in [2.45, 2.75) is 19.3 Å². The maximum absolute atomic E-state index is 9.89. The first kappa shape index (κ1) is 12.0. The fourth-order valence-corrected chi connectivity index (χ4v) is 6.52. The van der Waals surface area contributed by atoms with E-state index in [1.165, 1.54) is 13.8 Å². The van der Waals surface area contributed by atoms with Crippen molar-refractivity contribution in [2.24, 2.45) is 0 Å². The van der Waals surface area contributed by atoms with Crippen molar-refractivity contribution in [3.05, 3.63) is 168 Å². The van der Waals surface area contributed by atoms with Crippen molar-refractivity contribution in [3.8, 4) is 44.5 Å². The highest BCUT2D eigenvalue weighted by Gasteiger charge is 2.35. The van der Waals surface area contributed by atoms with Gasteiger partial charge in [-0.3, -0.25) is 0 Å². The van der Waals surface area contributed by atoms with Gasteiger partial charge in [0.1, 0.15) is 11.2 Å². The SMILES string of the molecule is [2H]c1c([2H])c([2H])c2c(c1[2H])-c1c([2H])c(-c3c4c([2H])c([2H])c([2H])c([2H])c4c(-c4c([2H])c([2H])c(-c5c([2H])c([2H])c([2H])c6oc7c([2H])c([2H])c([2H])c([2H])c7c56)c([2H])c4[2H])c4c([2H])c([2H])c([2H])c([2H])c34)c([2H])c([2H])c1C2(C)C. The smallest absolute Gasteiger partial charge is 0.136 e. The minimum atomic E-state index is -1.45. The molecule has 0 amide bonds. The van der Waals surface area contributed by atoms with Gasteiger partial charge in [0.25, 0.3) is 0 Å². The molecule has 1 heteroatoms. The van der Waals surface area contributed by atoms with Gasteiger partial charge in [-0.1, -0.05) is 153 Å². The second-order valence-corrected chi connectivity index (χ2v) is 11.6. The Morgan fingerprint density at radius 2 is 0.917 bits per heavy atom. The van der Waals surface area contributed by atoms with E-state index in [2.05, 4.69) is 0 Å². The average molecular weight is 639 g/mol. The van der Waals surface area contributed by atoms with E-state index in [0.717, 1.165) is 0 Å². The molecule has 9 aromatic rings. The first-order valence-corrected chi connectivity index (χ1v) is 14.7. The van der Waals surface area contributed by atoms with Gasteiger partial charge in [0.15, 0.2) is 0 Å². The molecule has 0 fully saturated rings. The zero-order chi connectivity index (χ0) is 54.6. The molecule has 10 rings (SSSR count). The molecule has 1 nitrogen and oxygen atoms in total. The van der Waals surface area contributed by atoms with Gasteiger partial charge in [0, 0.05) is 16.2 Å². The van der Waals surface area contributed by atoms with Gasteiger partial charge in [0.05, 0.1) is 35.6 Å². The fraction of sp³-hybridized carbons (Fsp3) is 0.0638. The van der Waals surface area contributed by atoms with Gasteiger partial charge in [0.2, 0.25) is 0 Å². The predicted molar refractivity (Wildman–Crippen MR) is 203 cm³/mol. The first-order chi connectivity index (χ1) is 34.4. The van der Waals surface area contributed by atoms with E-state index in [4.69, 9.17) is 25.0 Å². The van der Waals surface area contributed by atoms with Crippen LogP contribution in [0.4, 0.5) is 0 Å². The van der Waals surface area contributed by atoms with Crippen LogP contribution in [-0.2, 0) is 5.41 Å². The monoisotopic (exact) mass is 638 g/mol. The molecule has 0 aliphatic heterocycles. The van der Waals surface area contributed by atoms with Crippen LogP contribution in [0.25, 0.3) is 88.0 Å². The fourth-order valence-electron chi connectivity index (χ4n) is 6.52. The molecule has 1 aliphatic rings. The molecule has 0 bridgehead atoms. The topological polar surface area (TPSA) is 13.1 Å². The molecule has 0 atom stereocenters. The minimum absolute atomic E-state index is 0.0176. The Kier molecular flexibility index (Phi) is 2.50. The third-order valence-corrected chi connectivity index (χ3v) is 8.70. The Hall–Kier alpha value is -5.92. The van der Waals surface area contributed by atoms with Crippen molar-refractivity contribution in [1.82, 2.24) is 0 Å². The summed E-state index contributed by atoms with van der Waals surface area (Å²) in [7, 11) is 0. The van der Waals surface area contributed by atoms with Gasteiger partial charge < -0.3 is 4.42 Å². The van der Waals surface area contributed by atoms with Crippen molar-refractivity contribution in [3.63, 3.8) is 0 Å². The van der Waals surface area contributed by atoms with Crippen LogP contribution in [0.3, 0.4) is 0 Å². The van der Waals surface area contributed by atoms with Crippen LogP contribution in [-0.4, -0.2) is 0 Å². The molecule has 1 heterocycles. The second kappa shape index (κ2) is 10.0. The summed E-state index contributed by atoms with van der Waals surface area (Å²) in [4.78, 5) is 0. The van der Waals surface area contributed by atoms with Gasteiger partial charge in [-0.05, 0) is 95.3 Å².